The molecule has 152 valence electrons. The van der Waals surface area contributed by atoms with E-state index in [1.807, 2.05) is 72.0 Å². The zero-order valence-corrected chi connectivity index (χ0v) is 17.0. The van der Waals surface area contributed by atoms with Crippen LogP contribution in [0, 0.1) is 11.3 Å². The molecule has 0 aromatic heterocycles. The maximum Gasteiger partial charge on any atom is 0.471 e. The average Bonchev–Trinajstić information content (AvgIpc) is 2.75. The van der Waals surface area contributed by atoms with E-state index in [4.69, 9.17) is 0 Å². The second-order valence-electron chi connectivity index (χ2n) is 6.96. The molecule has 0 aliphatic rings. The number of nitriles is 1. The lowest BCUT2D eigenvalue weighted by atomic mass is 10.1. The highest BCUT2D eigenvalue weighted by Gasteiger charge is 2.41. The summed E-state index contributed by atoms with van der Waals surface area (Å²) >= 11 is 0. The van der Waals surface area contributed by atoms with Gasteiger partial charge in [-0.2, -0.15) is 18.4 Å². The largest absolute Gasteiger partial charge is 0.471 e. The SMILES string of the molecule is C[P+](Cc1cc(C#N)ccc1NC(=O)C(F)(F)F)(c1ccccc1)c1ccccc1. The lowest BCUT2D eigenvalue weighted by Gasteiger charge is -2.24. The van der Waals surface area contributed by atoms with Crippen molar-refractivity contribution in [2.75, 3.05) is 12.0 Å². The fourth-order valence-corrected chi connectivity index (χ4v) is 6.56. The van der Waals surface area contributed by atoms with Gasteiger partial charge in [0.2, 0.25) is 0 Å². The molecule has 0 aliphatic carbocycles. The number of carbonyl (C=O) groups excluding carboxylic acids is 1. The van der Waals surface area contributed by atoms with Gasteiger partial charge in [-0.15, -0.1) is 0 Å². The first-order valence-electron chi connectivity index (χ1n) is 9.12. The zero-order valence-electron chi connectivity index (χ0n) is 16.1. The lowest BCUT2D eigenvalue weighted by Crippen LogP contribution is -2.30. The fraction of sp³-hybridized carbons (Fsp3) is 0.130. The van der Waals surface area contributed by atoms with E-state index in [9.17, 15) is 23.2 Å². The number of hydrogen-bond acceptors (Lipinski definition) is 2. The molecule has 1 N–H and O–H groups in total. The number of benzene rings is 3. The maximum atomic E-state index is 12.8. The van der Waals surface area contributed by atoms with Crippen molar-refractivity contribution < 1.29 is 18.0 Å². The van der Waals surface area contributed by atoms with Crippen molar-refractivity contribution in [1.29, 1.82) is 5.26 Å². The molecule has 0 saturated heterocycles. The van der Waals surface area contributed by atoms with Crippen LogP contribution in [0.15, 0.2) is 78.9 Å². The topological polar surface area (TPSA) is 52.9 Å². The summed E-state index contributed by atoms with van der Waals surface area (Å²) in [6, 6.07) is 25.9. The van der Waals surface area contributed by atoms with Crippen molar-refractivity contribution in [2.45, 2.75) is 12.3 Å². The summed E-state index contributed by atoms with van der Waals surface area (Å²) in [6.45, 7) is 2.10. The highest BCUT2D eigenvalue weighted by atomic mass is 31.2. The standard InChI is InChI=1S/C23H18F3N2OP/c1-30(19-8-4-2-5-9-19,20-10-6-3-7-11-20)16-18-14-17(15-27)12-13-21(18)28-22(29)23(24,25)26/h2-14H,16H2,1H3/p+1. The predicted octanol–water partition coefficient (Wildman–Crippen LogP) is 4.86. The predicted molar refractivity (Wildman–Crippen MR) is 115 cm³/mol. The van der Waals surface area contributed by atoms with Crippen LogP contribution in [0.1, 0.15) is 11.1 Å². The minimum absolute atomic E-state index is 0.0643. The van der Waals surface area contributed by atoms with E-state index in [0.29, 0.717) is 17.3 Å². The molecule has 0 bridgehead atoms. The normalized spacial score (nSPS) is 11.6. The number of rotatable bonds is 5. The third-order valence-electron chi connectivity index (χ3n) is 4.88. The molecule has 3 nitrogen and oxygen atoms in total. The van der Waals surface area contributed by atoms with E-state index in [2.05, 4.69) is 6.66 Å². The summed E-state index contributed by atoms with van der Waals surface area (Å²) in [6.07, 6.45) is -4.60. The molecular weight excluding hydrogens is 408 g/mol. The molecule has 1 amide bonds. The van der Waals surface area contributed by atoms with Gasteiger partial charge < -0.3 is 5.32 Å². The number of nitrogens with zero attached hydrogens (tertiary/aromatic N) is 1. The number of anilines is 1. The Hall–Kier alpha value is -3.16. The van der Waals surface area contributed by atoms with Gasteiger partial charge in [-0.3, -0.25) is 4.79 Å². The van der Waals surface area contributed by atoms with Crippen molar-refractivity contribution in [2.24, 2.45) is 0 Å². The van der Waals surface area contributed by atoms with Gasteiger partial charge in [0.1, 0.15) is 0 Å². The van der Waals surface area contributed by atoms with Crippen molar-refractivity contribution in [3.05, 3.63) is 90.0 Å². The Morgan fingerprint density at radius 3 is 1.97 bits per heavy atom. The molecule has 0 heterocycles. The van der Waals surface area contributed by atoms with Crippen LogP contribution in [-0.4, -0.2) is 18.7 Å². The molecule has 30 heavy (non-hydrogen) atoms. The van der Waals surface area contributed by atoms with Gasteiger partial charge >= 0.3 is 12.1 Å². The Morgan fingerprint density at radius 2 is 1.50 bits per heavy atom. The quantitative estimate of drug-likeness (QED) is 0.592. The summed E-state index contributed by atoms with van der Waals surface area (Å²) in [4.78, 5) is 11.6. The van der Waals surface area contributed by atoms with Crippen LogP contribution in [0.3, 0.4) is 0 Å². The Labute approximate surface area is 173 Å². The van der Waals surface area contributed by atoms with Gasteiger partial charge in [0.05, 0.1) is 42.3 Å². The van der Waals surface area contributed by atoms with E-state index >= 15 is 0 Å². The van der Waals surface area contributed by atoms with Gasteiger partial charge in [0.15, 0.2) is 0 Å². The number of alkyl halides is 3. The van der Waals surface area contributed by atoms with Gasteiger partial charge in [-0.25, -0.2) is 0 Å². The van der Waals surface area contributed by atoms with Crippen LogP contribution in [0.2, 0.25) is 0 Å². The highest BCUT2D eigenvalue weighted by molar-refractivity contribution is 7.88. The molecule has 0 fully saturated rings. The Bertz CT molecular complexity index is 1040. The summed E-state index contributed by atoms with van der Waals surface area (Å²) in [7, 11) is -2.08. The van der Waals surface area contributed by atoms with Crippen molar-refractivity contribution >= 4 is 29.5 Å². The molecule has 3 aromatic carbocycles. The molecule has 0 saturated carbocycles. The van der Waals surface area contributed by atoms with Crippen LogP contribution in [0.25, 0.3) is 0 Å². The summed E-state index contributed by atoms with van der Waals surface area (Å²) in [5.74, 6) is -2.03. The average molecular weight is 427 g/mol. The van der Waals surface area contributed by atoms with E-state index in [0.717, 1.165) is 10.6 Å². The molecule has 3 rings (SSSR count). The molecular formula is C23H19F3N2OP+. The monoisotopic (exact) mass is 427 g/mol. The van der Waals surface area contributed by atoms with Gasteiger partial charge in [-0.1, -0.05) is 36.4 Å². The van der Waals surface area contributed by atoms with Gasteiger partial charge in [0, 0.05) is 11.3 Å². The summed E-state index contributed by atoms with van der Waals surface area (Å²) < 4.78 is 38.5. The Morgan fingerprint density at radius 1 is 0.967 bits per heavy atom. The first-order chi connectivity index (χ1) is 14.2. The number of hydrogen-bond donors (Lipinski definition) is 1. The van der Waals surface area contributed by atoms with Crippen LogP contribution in [0.4, 0.5) is 18.9 Å². The number of carbonyl (C=O) groups is 1. The van der Waals surface area contributed by atoms with Crippen molar-refractivity contribution in [3.63, 3.8) is 0 Å². The smallest absolute Gasteiger partial charge is 0.318 e. The molecule has 0 unspecified atom stereocenters. The minimum atomic E-state index is -5.00. The lowest BCUT2D eigenvalue weighted by molar-refractivity contribution is -0.167. The zero-order chi connectivity index (χ0) is 21.8. The van der Waals surface area contributed by atoms with E-state index in [1.165, 1.54) is 12.1 Å². The minimum Gasteiger partial charge on any atom is -0.318 e. The summed E-state index contributed by atoms with van der Waals surface area (Å²) in [5, 5.41) is 13.4. The van der Waals surface area contributed by atoms with Crippen molar-refractivity contribution in [1.82, 2.24) is 0 Å². The molecule has 7 heteroatoms. The van der Waals surface area contributed by atoms with E-state index in [-0.39, 0.29) is 5.69 Å². The van der Waals surface area contributed by atoms with Crippen LogP contribution in [0.5, 0.6) is 0 Å². The molecule has 3 aromatic rings. The second kappa shape index (κ2) is 8.69. The Kier molecular flexibility index (Phi) is 6.24. The third-order valence-corrected chi connectivity index (χ3v) is 8.73. The Balaban J connectivity index is 2.11. The highest BCUT2D eigenvalue weighted by Crippen LogP contribution is 2.56. The summed E-state index contributed by atoms with van der Waals surface area (Å²) in [5.41, 5.74) is 0.882. The third kappa shape index (κ3) is 4.69. The second-order valence-corrected chi connectivity index (χ2v) is 10.7. The molecule has 0 spiro atoms. The first kappa shape index (κ1) is 21.5. The number of amides is 1. The molecule has 0 radical (unpaired) electrons. The van der Waals surface area contributed by atoms with Crippen LogP contribution >= 0.6 is 7.26 Å². The van der Waals surface area contributed by atoms with Crippen LogP contribution in [-0.2, 0) is 11.0 Å². The molecule has 0 atom stereocenters. The van der Waals surface area contributed by atoms with E-state index in [1.54, 1.807) is 6.07 Å². The van der Waals surface area contributed by atoms with E-state index < -0.39 is 19.3 Å². The first-order valence-corrected chi connectivity index (χ1v) is 11.5. The fourth-order valence-electron chi connectivity index (χ4n) is 3.30. The van der Waals surface area contributed by atoms with Gasteiger partial charge in [0.25, 0.3) is 0 Å². The number of nitrogens with one attached hydrogen (secondary N) is 1. The maximum absolute atomic E-state index is 12.8. The number of halogens is 3. The van der Waals surface area contributed by atoms with Crippen LogP contribution < -0.4 is 15.9 Å². The van der Waals surface area contributed by atoms with Gasteiger partial charge in [-0.05, 0) is 42.5 Å². The molecule has 0 aliphatic heterocycles. The van der Waals surface area contributed by atoms with Crippen molar-refractivity contribution in [3.8, 4) is 6.07 Å².